The van der Waals surface area contributed by atoms with Crippen molar-refractivity contribution in [2.45, 2.75) is 64.5 Å². The van der Waals surface area contributed by atoms with Crippen molar-refractivity contribution >= 4 is 28.9 Å². The van der Waals surface area contributed by atoms with Crippen LogP contribution in [-0.2, 0) is 4.74 Å². The summed E-state index contributed by atoms with van der Waals surface area (Å²) in [7, 11) is 0. The molecule has 0 unspecified atom stereocenters. The largest absolute Gasteiger partial charge is 0.477 e. The molecule has 2 N–H and O–H groups in total. The molecule has 2 aromatic rings. The predicted octanol–water partition coefficient (Wildman–Crippen LogP) is 3.70. The number of hydrogen-bond donors (Lipinski definition) is 2. The molecule has 1 saturated carbocycles. The first-order valence-corrected chi connectivity index (χ1v) is 11.7. The van der Waals surface area contributed by atoms with Crippen molar-refractivity contribution in [2.24, 2.45) is 5.92 Å². The number of hydrogen-bond acceptors (Lipinski definition) is 6. The third-order valence-electron chi connectivity index (χ3n) is 6.24. The second kappa shape index (κ2) is 9.23. The van der Waals surface area contributed by atoms with Crippen LogP contribution in [0.15, 0.2) is 17.1 Å². The van der Waals surface area contributed by atoms with Crippen molar-refractivity contribution in [1.29, 1.82) is 0 Å². The van der Waals surface area contributed by atoms with Crippen LogP contribution in [-0.4, -0.2) is 52.0 Å². The molecule has 0 radical (unpaired) electrons. The van der Waals surface area contributed by atoms with Gasteiger partial charge < -0.3 is 24.6 Å². The lowest BCUT2D eigenvalue weighted by Gasteiger charge is -2.33. The second-order valence-corrected chi connectivity index (χ2v) is 10.1. The molecule has 9 nitrogen and oxygen atoms in total. The monoisotopic (exact) mass is 474 g/mol. The number of ether oxygens (including phenoxy) is 1. The highest BCUT2D eigenvalue weighted by molar-refractivity contribution is 5.92. The molecule has 34 heavy (non-hydrogen) atoms. The summed E-state index contributed by atoms with van der Waals surface area (Å²) < 4.78 is 22.0. The average molecular weight is 475 g/mol. The van der Waals surface area contributed by atoms with Crippen molar-refractivity contribution in [1.82, 2.24) is 14.9 Å². The van der Waals surface area contributed by atoms with Gasteiger partial charge in [-0.1, -0.05) is 0 Å². The van der Waals surface area contributed by atoms with E-state index in [1.807, 2.05) is 25.7 Å². The third kappa shape index (κ3) is 5.31. The molecule has 0 bridgehead atoms. The SMILES string of the molecule is CC(C)(C)OC(=O)NCCC1CCN(c2nc3c(cc2F)c(=O)c(C(=O)O)cn3C2CC2)CC1. The molecule has 1 saturated heterocycles. The fourth-order valence-electron chi connectivity index (χ4n) is 4.37. The highest BCUT2D eigenvalue weighted by atomic mass is 19.1. The zero-order valence-corrected chi connectivity index (χ0v) is 19.8. The molecular formula is C24H31FN4O5. The molecule has 0 aromatic carbocycles. The second-order valence-electron chi connectivity index (χ2n) is 10.1. The van der Waals surface area contributed by atoms with E-state index in [4.69, 9.17) is 4.74 Å². The molecule has 1 aliphatic heterocycles. The Morgan fingerprint density at radius 1 is 1.24 bits per heavy atom. The van der Waals surface area contributed by atoms with E-state index in [1.54, 1.807) is 4.57 Å². The van der Waals surface area contributed by atoms with Gasteiger partial charge in [-0.15, -0.1) is 0 Å². The van der Waals surface area contributed by atoms with Crippen molar-refractivity contribution in [3.63, 3.8) is 0 Å². The lowest BCUT2D eigenvalue weighted by molar-refractivity contribution is 0.0523. The summed E-state index contributed by atoms with van der Waals surface area (Å²) in [5.74, 6) is -1.37. The minimum absolute atomic E-state index is 0.00356. The van der Waals surface area contributed by atoms with Gasteiger partial charge >= 0.3 is 12.1 Å². The minimum Gasteiger partial charge on any atom is -0.477 e. The number of alkyl carbamates (subject to hydrolysis) is 1. The van der Waals surface area contributed by atoms with Crippen LogP contribution in [0.5, 0.6) is 0 Å². The van der Waals surface area contributed by atoms with Gasteiger partial charge in [-0.2, -0.15) is 0 Å². The fraction of sp³-hybridized carbons (Fsp3) is 0.583. The average Bonchev–Trinajstić information content (AvgIpc) is 3.58. The fourth-order valence-corrected chi connectivity index (χ4v) is 4.37. The summed E-state index contributed by atoms with van der Waals surface area (Å²) in [4.78, 5) is 42.3. The molecule has 0 spiro atoms. The van der Waals surface area contributed by atoms with Gasteiger partial charge in [0.2, 0.25) is 5.43 Å². The summed E-state index contributed by atoms with van der Waals surface area (Å²) in [6, 6.07) is 1.21. The Balaban J connectivity index is 1.45. The number of nitrogens with zero attached hydrogens (tertiary/aromatic N) is 3. The standard InChI is InChI=1S/C24H31FN4O5/c1-24(2,3)34-23(33)26-9-6-14-7-10-28(11-8-14)21-18(25)12-16-19(30)17(22(31)32)13-29(15-4-5-15)20(16)27-21/h12-15H,4-11H2,1-3H3,(H,26,33)(H,31,32). The van der Waals surface area contributed by atoms with E-state index in [0.717, 1.165) is 38.2 Å². The quantitative estimate of drug-likeness (QED) is 0.656. The normalized spacial score (nSPS) is 17.1. The van der Waals surface area contributed by atoms with Crippen molar-refractivity contribution in [3.8, 4) is 0 Å². The number of fused-ring (bicyclic) bond motifs is 1. The summed E-state index contributed by atoms with van der Waals surface area (Å²) >= 11 is 0. The molecule has 2 aromatic heterocycles. The highest BCUT2D eigenvalue weighted by Gasteiger charge is 2.29. The van der Waals surface area contributed by atoms with E-state index in [-0.39, 0.29) is 22.8 Å². The molecule has 2 fully saturated rings. The molecule has 0 atom stereocenters. The Morgan fingerprint density at radius 2 is 1.91 bits per heavy atom. The van der Waals surface area contributed by atoms with Gasteiger partial charge in [-0.3, -0.25) is 4.79 Å². The number of nitrogens with one attached hydrogen (secondary N) is 1. The number of carbonyl (C=O) groups excluding carboxylic acids is 1. The van der Waals surface area contributed by atoms with Crippen LogP contribution in [0, 0.1) is 11.7 Å². The molecule has 184 valence electrons. The van der Waals surface area contributed by atoms with Crippen LogP contribution in [0.4, 0.5) is 15.0 Å². The number of halogens is 1. The maximum atomic E-state index is 15.0. The highest BCUT2D eigenvalue weighted by Crippen LogP contribution is 2.37. The Bertz CT molecular complexity index is 1160. The zero-order valence-electron chi connectivity index (χ0n) is 19.8. The van der Waals surface area contributed by atoms with E-state index >= 15 is 4.39 Å². The smallest absolute Gasteiger partial charge is 0.407 e. The molecule has 1 amide bonds. The summed E-state index contributed by atoms with van der Waals surface area (Å²) in [5.41, 5.74) is -1.29. The molecule has 1 aliphatic carbocycles. The van der Waals surface area contributed by atoms with Crippen molar-refractivity contribution < 1.29 is 23.8 Å². The first kappa shape index (κ1) is 24.0. The number of aromatic nitrogens is 2. The van der Waals surface area contributed by atoms with E-state index in [2.05, 4.69) is 10.3 Å². The van der Waals surface area contributed by atoms with Gasteiger partial charge in [0.1, 0.15) is 16.8 Å². The molecule has 3 heterocycles. The van der Waals surface area contributed by atoms with Gasteiger partial charge in [0.25, 0.3) is 0 Å². The van der Waals surface area contributed by atoms with E-state index in [0.29, 0.717) is 31.2 Å². The van der Waals surface area contributed by atoms with E-state index in [1.165, 1.54) is 6.20 Å². The number of aromatic carboxylic acids is 1. The summed E-state index contributed by atoms with van der Waals surface area (Å²) in [6.07, 6.45) is 5.09. The van der Waals surface area contributed by atoms with Gasteiger partial charge in [-0.25, -0.2) is 19.0 Å². The van der Waals surface area contributed by atoms with Crippen molar-refractivity contribution in [3.05, 3.63) is 33.9 Å². The number of piperidine rings is 1. The van der Waals surface area contributed by atoms with Crippen molar-refractivity contribution in [2.75, 3.05) is 24.5 Å². The van der Waals surface area contributed by atoms with Gasteiger partial charge in [0, 0.05) is 31.9 Å². The number of pyridine rings is 2. The summed E-state index contributed by atoms with van der Waals surface area (Å²) in [5, 5.41) is 12.2. The molecule has 2 aliphatic rings. The third-order valence-corrected chi connectivity index (χ3v) is 6.24. The Morgan fingerprint density at radius 3 is 2.50 bits per heavy atom. The minimum atomic E-state index is -1.32. The molecular weight excluding hydrogens is 443 g/mol. The first-order chi connectivity index (χ1) is 16.0. The predicted molar refractivity (Wildman–Crippen MR) is 125 cm³/mol. The van der Waals surface area contributed by atoms with Crippen LogP contribution < -0.4 is 15.6 Å². The van der Waals surface area contributed by atoms with Crippen LogP contribution in [0.2, 0.25) is 0 Å². The Kier molecular flexibility index (Phi) is 6.51. The summed E-state index contributed by atoms with van der Waals surface area (Å²) in [6.45, 7) is 7.18. The zero-order chi connectivity index (χ0) is 24.6. The molecule has 10 heteroatoms. The lowest BCUT2D eigenvalue weighted by Crippen LogP contribution is -2.37. The van der Waals surface area contributed by atoms with Crippen LogP contribution in [0.1, 0.15) is 69.3 Å². The molecule has 4 rings (SSSR count). The number of amides is 1. The van der Waals surface area contributed by atoms with Gasteiger partial charge in [0.05, 0.1) is 5.39 Å². The number of rotatable bonds is 6. The Hall–Kier alpha value is -3.17. The first-order valence-electron chi connectivity index (χ1n) is 11.7. The maximum absolute atomic E-state index is 15.0. The lowest BCUT2D eigenvalue weighted by atomic mass is 9.93. The van der Waals surface area contributed by atoms with Crippen LogP contribution in [0.25, 0.3) is 11.0 Å². The van der Waals surface area contributed by atoms with E-state index < -0.39 is 28.9 Å². The Labute approximate surface area is 196 Å². The number of carboxylic acids is 1. The van der Waals surface area contributed by atoms with Gasteiger partial charge in [0.15, 0.2) is 11.6 Å². The topological polar surface area (TPSA) is 114 Å². The number of carbonyl (C=O) groups is 2. The van der Waals surface area contributed by atoms with Crippen LogP contribution in [0.3, 0.4) is 0 Å². The van der Waals surface area contributed by atoms with Crippen LogP contribution >= 0.6 is 0 Å². The number of carboxylic acid groups (broad SMARTS) is 1. The number of anilines is 1. The maximum Gasteiger partial charge on any atom is 0.407 e. The van der Waals surface area contributed by atoms with E-state index in [9.17, 15) is 19.5 Å². The van der Waals surface area contributed by atoms with Gasteiger partial charge in [-0.05, 0) is 64.9 Å².